The first kappa shape index (κ1) is 25.3. The van der Waals surface area contributed by atoms with E-state index in [-0.39, 0.29) is 24.2 Å². The van der Waals surface area contributed by atoms with E-state index in [1.165, 1.54) is 30.5 Å². The number of hydrogen-bond donors (Lipinski definition) is 0. The van der Waals surface area contributed by atoms with E-state index in [1.807, 2.05) is 0 Å². The quantitative estimate of drug-likeness (QED) is 0.251. The van der Waals surface area contributed by atoms with E-state index < -0.39 is 17.6 Å². The normalized spacial score (nSPS) is 26.7. The Kier molecular flexibility index (Phi) is 4.82. The van der Waals surface area contributed by atoms with Gasteiger partial charge in [0.1, 0.15) is 0 Å². The summed E-state index contributed by atoms with van der Waals surface area (Å²) in [5.41, 5.74) is 9.23. The molecule has 4 saturated heterocycles. The van der Waals surface area contributed by atoms with Crippen molar-refractivity contribution in [3.05, 3.63) is 143 Å². The maximum absolute atomic E-state index is 6.59. The molecule has 8 aliphatic rings. The van der Waals surface area contributed by atoms with E-state index in [0.717, 1.165) is 45.8 Å². The molecule has 0 radical (unpaired) electrons. The van der Waals surface area contributed by atoms with E-state index in [9.17, 15) is 0 Å². The van der Waals surface area contributed by atoms with Crippen LogP contribution in [0.5, 0.6) is 0 Å². The zero-order valence-corrected chi connectivity index (χ0v) is 27.2. The molecule has 4 atom stereocenters. The second-order valence-corrected chi connectivity index (χ2v) is 15.5. The predicted octanol–water partition coefficient (Wildman–Crippen LogP) is 5.38. The van der Waals surface area contributed by atoms with Gasteiger partial charge in [0.05, 0.1) is 0 Å². The summed E-state index contributed by atoms with van der Waals surface area (Å²) in [5.74, 6) is 3.29. The standard InChI is InChI=1S/C38H26N4O4.Pt/c1-3-7-23(8-4-1)25-11-27-15-28(12-25)32-18-44-36-38-42(22-40(32)36)34(20-46-38)30-14-26(24-9-5-2-6-10-24)13-29(16-30)33-19-45-37-35-39(21-41(33)37)31(27)17-43-35;/h1-14,31-34H,17-20H2;/q-2;. The average Bonchev–Trinajstić information content (AvgIpc) is 3.96. The molecule has 4 unspecified atom stereocenters. The first-order chi connectivity index (χ1) is 23.3. The van der Waals surface area contributed by atoms with Gasteiger partial charge in [-0.3, -0.25) is 0 Å². The van der Waals surface area contributed by atoms with Crippen LogP contribution in [-0.4, -0.2) is 54.3 Å². The van der Waals surface area contributed by atoms with Crippen LogP contribution in [0.4, 0.5) is 0 Å². The number of fused-ring (bicyclic) bond motifs is 8. The summed E-state index contributed by atoms with van der Waals surface area (Å²) >= 11 is -0.781. The molecule has 47 heavy (non-hydrogen) atoms. The summed E-state index contributed by atoms with van der Waals surface area (Å²) < 4.78 is 28.9. The molecule has 9 heteroatoms. The Labute approximate surface area is 279 Å². The van der Waals surface area contributed by atoms with Gasteiger partial charge in [0.2, 0.25) is 0 Å². The molecule has 4 aromatic rings. The van der Waals surface area contributed by atoms with Crippen LogP contribution in [-0.2, 0) is 36.6 Å². The van der Waals surface area contributed by atoms with Crippen molar-refractivity contribution in [2.45, 2.75) is 24.2 Å². The minimum atomic E-state index is -0.781. The molecule has 8 nitrogen and oxygen atoms in total. The molecule has 0 N–H and O–H groups in total. The van der Waals surface area contributed by atoms with Crippen molar-refractivity contribution in [3.8, 4) is 22.3 Å². The Balaban J connectivity index is 1.14. The molecule has 12 rings (SSSR count). The van der Waals surface area contributed by atoms with Crippen LogP contribution >= 0.6 is 0 Å². The second-order valence-electron chi connectivity index (χ2n) is 12.9. The van der Waals surface area contributed by atoms with Gasteiger partial charge in [0, 0.05) is 0 Å². The van der Waals surface area contributed by atoms with Gasteiger partial charge in [-0.05, 0) is 0 Å². The van der Waals surface area contributed by atoms with Crippen LogP contribution in [0.2, 0.25) is 0 Å². The second kappa shape index (κ2) is 8.96. The van der Waals surface area contributed by atoms with E-state index >= 15 is 0 Å². The van der Waals surface area contributed by atoms with Crippen LogP contribution in [0.3, 0.4) is 0 Å². The molecule has 8 aliphatic heterocycles. The monoisotopic (exact) mass is 797 g/mol. The van der Waals surface area contributed by atoms with Crippen molar-refractivity contribution in [2.24, 2.45) is 0 Å². The van der Waals surface area contributed by atoms with Gasteiger partial charge in [0.15, 0.2) is 0 Å². The van der Waals surface area contributed by atoms with Crippen LogP contribution in [0, 0.1) is 12.1 Å². The Bertz CT molecular complexity index is 1960. The van der Waals surface area contributed by atoms with Crippen molar-refractivity contribution < 1.29 is 36.6 Å². The summed E-state index contributed by atoms with van der Waals surface area (Å²) in [6, 6.07) is 38.2. The molecule has 0 saturated carbocycles. The number of hydrogen-bond acceptors (Lipinski definition) is 8. The summed E-state index contributed by atoms with van der Waals surface area (Å²) in [6.45, 7) is 2.19. The molecule has 6 bridgehead atoms. The van der Waals surface area contributed by atoms with Crippen molar-refractivity contribution >= 4 is 8.29 Å². The molecule has 8 heterocycles. The number of benzene rings is 4. The number of rotatable bonds is 2. The molecule has 4 aromatic carbocycles. The van der Waals surface area contributed by atoms with E-state index in [1.54, 1.807) is 0 Å². The molecule has 234 valence electrons. The fraction of sp³-hybridized carbons (Fsp3) is 0.211. The van der Waals surface area contributed by atoms with Gasteiger partial charge < -0.3 is 0 Å². The molecular weight excluding hydrogens is 772 g/mol. The van der Waals surface area contributed by atoms with Gasteiger partial charge in [-0.15, -0.1) is 0 Å². The van der Waals surface area contributed by atoms with Gasteiger partial charge in [0.25, 0.3) is 0 Å². The van der Waals surface area contributed by atoms with E-state index in [4.69, 9.17) is 18.9 Å². The van der Waals surface area contributed by atoms with Crippen molar-refractivity contribution in [1.82, 2.24) is 19.6 Å². The zero-order valence-electron chi connectivity index (χ0n) is 25.0. The van der Waals surface area contributed by atoms with Crippen LogP contribution in [0.1, 0.15) is 46.4 Å². The van der Waals surface area contributed by atoms with Crippen LogP contribution < -0.4 is 0 Å². The first-order valence-corrected chi connectivity index (χ1v) is 18.3. The first-order valence-electron chi connectivity index (χ1n) is 16.0. The van der Waals surface area contributed by atoms with Gasteiger partial charge in [-0.25, -0.2) is 0 Å². The number of nitrogens with zero attached hydrogens (tertiary/aromatic N) is 4. The van der Waals surface area contributed by atoms with Crippen LogP contribution in [0.15, 0.2) is 108 Å². The molecule has 0 aliphatic carbocycles. The number of ether oxygens (including phenoxy) is 4. The fourth-order valence-electron chi connectivity index (χ4n) is 8.13. The van der Waals surface area contributed by atoms with Gasteiger partial charge in [-0.2, -0.15) is 0 Å². The topological polar surface area (TPSA) is 49.9 Å². The fourth-order valence-corrected chi connectivity index (χ4v) is 12.0. The Morgan fingerprint density at radius 2 is 0.766 bits per heavy atom. The zero-order chi connectivity index (χ0) is 30.4. The summed E-state index contributed by atoms with van der Waals surface area (Å²) in [5, 5.41) is 0. The third kappa shape index (κ3) is 3.26. The van der Waals surface area contributed by atoms with Crippen molar-refractivity contribution in [1.29, 1.82) is 0 Å². The molecule has 0 aromatic heterocycles. The molecule has 4 fully saturated rings. The van der Waals surface area contributed by atoms with E-state index in [0.29, 0.717) is 26.4 Å². The molecule has 0 amide bonds. The van der Waals surface area contributed by atoms with E-state index in [2.05, 4.69) is 117 Å². The Morgan fingerprint density at radius 1 is 0.447 bits per heavy atom. The SMILES string of the molecule is [c-]1c2cc(-c3ccccc3)cc1C1COC3=C4OCC5c6[c-]c(cc(-c7ccccc7)c6)C6COC7=C8OCC2N8[C](=[Pt]=[C](N31)N45)N76. The van der Waals surface area contributed by atoms with Crippen molar-refractivity contribution in [3.63, 3.8) is 0 Å². The van der Waals surface area contributed by atoms with Crippen molar-refractivity contribution in [2.75, 3.05) is 26.4 Å². The maximum atomic E-state index is 6.59. The molecular formula is C38H26N4O4Pt-2. The summed E-state index contributed by atoms with van der Waals surface area (Å²) in [4.78, 5) is 9.71. The minimum absolute atomic E-state index is 0.0173. The summed E-state index contributed by atoms with van der Waals surface area (Å²) in [7, 11) is 0. The Hall–Kier alpha value is -4.81. The Morgan fingerprint density at radius 3 is 1.09 bits per heavy atom. The third-order valence-electron chi connectivity index (χ3n) is 10.3. The predicted molar refractivity (Wildman–Crippen MR) is 168 cm³/mol. The third-order valence-corrected chi connectivity index (χ3v) is 13.6. The van der Waals surface area contributed by atoms with Gasteiger partial charge >= 0.3 is 280 Å². The average molecular weight is 798 g/mol. The van der Waals surface area contributed by atoms with Crippen LogP contribution in [0.25, 0.3) is 22.3 Å². The van der Waals surface area contributed by atoms with Gasteiger partial charge in [-0.1, -0.05) is 0 Å². The summed E-state index contributed by atoms with van der Waals surface area (Å²) in [6.07, 6.45) is 0. The molecule has 0 spiro atoms.